The molecule has 0 unspecified atom stereocenters. The lowest BCUT2D eigenvalue weighted by Crippen LogP contribution is -2.55. The van der Waals surface area contributed by atoms with E-state index in [0.29, 0.717) is 10.6 Å². The molecule has 0 radical (unpaired) electrons. The highest BCUT2D eigenvalue weighted by Crippen LogP contribution is 2.26. The third-order valence-electron chi connectivity index (χ3n) is 5.05. The number of rotatable bonds is 9. The van der Waals surface area contributed by atoms with E-state index in [2.05, 4.69) is 5.32 Å². The lowest BCUT2D eigenvalue weighted by Gasteiger charge is -2.34. The number of benzene rings is 2. The zero-order chi connectivity index (χ0) is 26.6. The van der Waals surface area contributed by atoms with E-state index in [1.54, 1.807) is 31.2 Å². The number of sulfonamides is 1. The molecule has 2 aromatic carbocycles. The second-order valence-electron chi connectivity index (χ2n) is 9.14. The van der Waals surface area contributed by atoms with E-state index in [1.165, 1.54) is 11.0 Å². The Morgan fingerprint density at radius 1 is 1.09 bits per heavy atom. The molecule has 1 N–H and O–H groups in total. The predicted octanol–water partition coefficient (Wildman–Crippen LogP) is 4.62. The summed E-state index contributed by atoms with van der Waals surface area (Å²) in [4.78, 5) is 28.0. The van der Waals surface area contributed by atoms with Crippen LogP contribution in [0.15, 0.2) is 42.5 Å². The lowest BCUT2D eigenvalue weighted by atomic mass is 10.1. The van der Waals surface area contributed by atoms with Gasteiger partial charge in [-0.1, -0.05) is 48.3 Å². The average molecular weight is 546 g/mol. The van der Waals surface area contributed by atoms with Crippen molar-refractivity contribution >= 4 is 50.7 Å². The number of carbonyl (C=O) groups excluding carboxylic acids is 2. The molecule has 0 heterocycles. The van der Waals surface area contributed by atoms with Crippen LogP contribution in [0.2, 0.25) is 10.0 Å². The summed E-state index contributed by atoms with van der Waals surface area (Å²) in [7, 11) is -3.96. The van der Waals surface area contributed by atoms with Crippen LogP contribution in [0.25, 0.3) is 0 Å². The Bertz CT molecular complexity index is 1190. The molecule has 0 saturated carbocycles. The predicted molar refractivity (Wildman–Crippen MR) is 138 cm³/mol. The summed E-state index contributed by atoms with van der Waals surface area (Å²) >= 11 is 12.2. The molecule has 7 nitrogen and oxygen atoms in total. The highest BCUT2D eigenvalue weighted by atomic mass is 35.5. The van der Waals surface area contributed by atoms with E-state index in [-0.39, 0.29) is 29.6 Å². The molecular formula is C24H30Cl2FN3O4S. The Labute approximate surface area is 216 Å². The summed E-state index contributed by atoms with van der Waals surface area (Å²) in [6, 6.07) is 9.37. The molecule has 2 amide bonds. The highest BCUT2D eigenvalue weighted by molar-refractivity contribution is 7.92. The first kappa shape index (κ1) is 28.9. The molecule has 192 valence electrons. The van der Waals surface area contributed by atoms with E-state index in [0.717, 1.165) is 22.7 Å². The first-order valence-corrected chi connectivity index (χ1v) is 13.5. The summed E-state index contributed by atoms with van der Waals surface area (Å²) in [5.74, 6) is -1.73. The fourth-order valence-electron chi connectivity index (χ4n) is 3.44. The molecule has 11 heteroatoms. The van der Waals surface area contributed by atoms with Crippen molar-refractivity contribution in [3.05, 3.63) is 63.9 Å². The van der Waals surface area contributed by atoms with Crippen molar-refractivity contribution in [2.75, 3.05) is 17.1 Å². The third kappa shape index (κ3) is 8.08. The fraction of sp³-hybridized carbons (Fsp3) is 0.417. The largest absolute Gasteiger partial charge is 0.350 e. The molecule has 35 heavy (non-hydrogen) atoms. The minimum Gasteiger partial charge on any atom is -0.350 e. The summed E-state index contributed by atoms with van der Waals surface area (Å²) in [5, 5.41) is 3.00. The zero-order valence-corrected chi connectivity index (χ0v) is 22.6. The second kappa shape index (κ2) is 11.6. The number of nitrogens with zero attached hydrogens (tertiary/aromatic N) is 2. The Hall–Kier alpha value is -2.36. The van der Waals surface area contributed by atoms with Gasteiger partial charge in [-0.3, -0.25) is 13.9 Å². The van der Waals surface area contributed by atoms with Crippen LogP contribution in [-0.2, 0) is 26.2 Å². The van der Waals surface area contributed by atoms with Crippen LogP contribution in [0.5, 0.6) is 0 Å². The zero-order valence-electron chi connectivity index (χ0n) is 20.3. The molecule has 0 spiro atoms. The molecule has 1 atom stereocenters. The number of nitrogens with one attached hydrogen (secondary N) is 1. The van der Waals surface area contributed by atoms with Gasteiger partial charge in [0.05, 0.1) is 17.0 Å². The van der Waals surface area contributed by atoms with E-state index < -0.39 is 39.9 Å². The van der Waals surface area contributed by atoms with Gasteiger partial charge in [-0.15, -0.1) is 0 Å². The number of hydrogen-bond donors (Lipinski definition) is 1. The van der Waals surface area contributed by atoms with Gasteiger partial charge in [0, 0.05) is 17.1 Å². The van der Waals surface area contributed by atoms with Gasteiger partial charge in [-0.05, 0) is 57.0 Å². The van der Waals surface area contributed by atoms with Crippen LogP contribution in [0.4, 0.5) is 10.1 Å². The highest BCUT2D eigenvalue weighted by Gasteiger charge is 2.33. The van der Waals surface area contributed by atoms with Crippen molar-refractivity contribution in [1.29, 1.82) is 0 Å². The first-order chi connectivity index (χ1) is 16.1. The normalized spacial score (nSPS) is 12.7. The maximum absolute atomic E-state index is 13.7. The Morgan fingerprint density at radius 3 is 2.23 bits per heavy atom. The fourth-order valence-corrected chi connectivity index (χ4v) is 4.65. The summed E-state index contributed by atoms with van der Waals surface area (Å²) in [6.45, 7) is 6.58. The number of amides is 2. The van der Waals surface area contributed by atoms with Crippen LogP contribution >= 0.6 is 23.2 Å². The quantitative estimate of drug-likeness (QED) is 0.498. The van der Waals surface area contributed by atoms with E-state index in [1.807, 2.05) is 20.8 Å². The van der Waals surface area contributed by atoms with Crippen LogP contribution < -0.4 is 9.62 Å². The lowest BCUT2D eigenvalue weighted by molar-refractivity contribution is -0.141. The van der Waals surface area contributed by atoms with Gasteiger partial charge in [0.1, 0.15) is 18.4 Å². The van der Waals surface area contributed by atoms with Crippen molar-refractivity contribution in [1.82, 2.24) is 10.2 Å². The molecular weight excluding hydrogens is 516 g/mol. The van der Waals surface area contributed by atoms with Crippen molar-refractivity contribution in [2.24, 2.45) is 0 Å². The van der Waals surface area contributed by atoms with Gasteiger partial charge >= 0.3 is 0 Å². The monoisotopic (exact) mass is 545 g/mol. The van der Waals surface area contributed by atoms with Gasteiger partial charge in [-0.2, -0.15) is 0 Å². The van der Waals surface area contributed by atoms with Crippen molar-refractivity contribution in [3.8, 4) is 0 Å². The average Bonchev–Trinajstić information content (AvgIpc) is 2.73. The molecule has 2 aromatic rings. The summed E-state index contributed by atoms with van der Waals surface area (Å²) < 4.78 is 39.7. The number of carbonyl (C=O) groups is 2. The molecule has 0 bridgehead atoms. The van der Waals surface area contributed by atoms with Crippen molar-refractivity contribution in [2.45, 2.75) is 52.2 Å². The van der Waals surface area contributed by atoms with Crippen LogP contribution in [0.3, 0.4) is 0 Å². The molecule has 0 aliphatic rings. The SMILES string of the molecule is CC[C@H](C(=O)NC(C)(C)C)N(Cc1ccccc1Cl)C(=O)CN(c1ccc(F)c(Cl)c1)S(C)(=O)=O. The number of anilines is 1. The van der Waals surface area contributed by atoms with Gasteiger partial charge in [-0.25, -0.2) is 12.8 Å². The van der Waals surface area contributed by atoms with Gasteiger partial charge < -0.3 is 10.2 Å². The molecule has 0 aliphatic heterocycles. The van der Waals surface area contributed by atoms with Crippen molar-refractivity contribution < 1.29 is 22.4 Å². The standard InChI is InChI=1S/C24H30Cl2FN3O4S/c1-6-21(23(32)28-24(2,3)4)29(14-16-9-7-8-10-18(16)25)22(31)15-30(35(5,33)34)17-11-12-20(27)19(26)13-17/h7-13,21H,6,14-15H2,1-5H3,(H,28,32)/t21-/m1/s1. The smallest absolute Gasteiger partial charge is 0.244 e. The van der Waals surface area contributed by atoms with Gasteiger partial charge in [0.15, 0.2) is 0 Å². The van der Waals surface area contributed by atoms with Crippen LogP contribution in [0, 0.1) is 5.82 Å². The van der Waals surface area contributed by atoms with Crippen LogP contribution in [0.1, 0.15) is 39.7 Å². The maximum Gasteiger partial charge on any atom is 0.244 e. The minimum absolute atomic E-state index is 0.0175. The van der Waals surface area contributed by atoms with E-state index >= 15 is 0 Å². The van der Waals surface area contributed by atoms with Crippen LogP contribution in [-0.4, -0.2) is 49.5 Å². The summed E-state index contributed by atoms with van der Waals surface area (Å²) in [6.07, 6.45) is 1.21. The van der Waals surface area contributed by atoms with Crippen molar-refractivity contribution in [3.63, 3.8) is 0 Å². The Kier molecular flexibility index (Phi) is 9.56. The second-order valence-corrected chi connectivity index (χ2v) is 11.9. The molecule has 0 aromatic heterocycles. The van der Waals surface area contributed by atoms with Gasteiger partial charge in [0.25, 0.3) is 0 Å². The maximum atomic E-state index is 13.7. The first-order valence-electron chi connectivity index (χ1n) is 10.9. The molecule has 0 aliphatic carbocycles. The number of halogens is 3. The Morgan fingerprint density at radius 2 is 1.71 bits per heavy atom. The van der Waals surface area contributed by atoms with Gasteiger partial charge in [0.2, 0.25) is 21.8 Å². The molecule has 2 rings (SSSR count). The summed E-state index contributed by atoms with van der Waals surface area (Å²) in [5.41, 5.74) is 0.0742. The van der Waals surface area contributed by atoms with E-state index in [9.17, 15) is 22.4 Å². The minimum atomic E-state index is -3.96. The van der Waals surface area contributed by atoms with E-state index in [4.69, 9.17) is 23.2 Å². The number of hydrogen-bond acceptors (Lipinski definition) is 4. The molecule has 0 fully saturated rings. The topological polar surface area (TPSA) is 86.8 Å². The third-order valence-corrected chi connectivity index (χ3v) is 6.85. The Balaban J connectivity index is 2.49. The molecule has 0 saturated heterocycles.